The molecule has 1 unspecified atom stereocenters. The first-order chi connectivity index (χ1) is 5.58. The summed E-state index contributed by atoms with van der Waals surface area (Å²) in [6.07, 6.45) is 4.42. The molecule has 12 heavy (non-hydrogen) atoms. The second kappa shape index (κ2) is 2.73. The van der Waals surface area contributed by atoms with Gasteiger partial charge in [-0.1, -0.05) is 6.42 Å². The summed E-state index contributed by atoms with van der Waals surface area (Å²) in [6.45, 7) is 7.44. The molecule has 0 bridgehead atoms. The highest BCUT2D eigenvalue weighted by atomic mass is 16.5. The SMILES string of the molecule is CC(C)(C)OCC1[C@H]2CCC[C@@H]12. The predicted octanol–water partition coefficient (Wildman–Crippen LogP) is 2.85. The molecule has 0 aromatic heterocycles. The third-order valence-corrected chi connectivity index (χ3v) is 3.29. The van der Waals surface area contributed by atoms with E-state index in [4.69, 9.17) is 4.74 Å². The highest BCUT2D eigenvalue weighted by molar-refractivity contribution is 5.00. The van der Waals surface area contributed by atoms with Gasteiger partial charge in [-0.05, 0) is 51.4 Å². The first kappa shape index (κ1) is 8.55. The topological polar surface area (TPSA) is 9.23 Å². The van der Waals surface area contributed by atoms with Gasteiger partial charge in [0.1, 0.15) is 0 Å². The molecule has 1 heteroatoms. The van der Waals surface area contributed by atoms with Crippen molar-refractivity contribution in [1.82, 2.24) is 0 Å². The average Bonchev–Trinajstić information content (AvgIpc) is 2.41. The van der Waals surface area contributed by atoms with Crippen molar-refractivity contribution in [2.45, 2.75) is 45.6 Å². The lowest BCUT2D eigenvalue weighted by Gasteiger charge is -2.20. The molecular weight excluding hydrogens is 148 g/mol. The van der Waals surface area contributed by atoms with Crippen molar-refractivity contribution in [1.29, 1.82) is 0 Å². The normalized spacial score (nSPS) is 39.8. The van der Waals surface area contributed by atoms with E-state index in [9.17, 15) is 0 Å². The summed E-state index contributed by atoms with van der Waals surface area (Å²) >= 11 is 0. The summed E-state index contributed by atoms with van der Waals surface area (Å²) in [5.41, 5.74) is 0.0664. The summed E-state index contributed by atoms with van der Waals surface area (Å²) in [5, 5.41) is 0. The molecule has 0 aliphatic heterocycles. The standard InChI is InChI=1S/C11H20O/c1-11(2,3)12-7-10-8-5-4-6-9(8)10/h8-10H,4-7H2,1-3H3/t8-,9+,10?. The molecule has 2 aliphatic carbocycles. The van der Waals surface area contributed by atoms with Gasteiger partial charge < -0.3 is 4.74 Å². The van der Waals surface area contributed by atoms with Gasteiger partial charge in [0.25, 0.3) is 0 Å². The van der Waals surface area contributed by atoms with Crippen LogP contribution in [0.15, 0.2) is 0 Å². The molecule has 0 spiro atoms. The van der Waals surface area contributed by atoms with Crippen LogP contribution in [0.25, 0.3) is 0 Å². The Morgan fingerprint density at radius 3 is 2.25 bits per heavy atom. The van der Waals surface area contributed by atoms with Crippen LogP contribution in [-0.4, -0.2) is 12.2 Å². The Balaban J connectivity index is 1.70. The summed E-state index contributed by atoms with van der Waals surface area (Å²) < 4.78 is 5.79. The van der Waals surface area contributed by atoms with Crippen molar-refractivity contribution in [3.05, 3.63) is 0 Å². The van der Waals surface area contributed by atoms with E-state index in [0.29, 0.717) is 0 Å². The molecular formula is C11H20O. The van der Waals surface area contributed by atoms with Gasteiger partial charge in [0, 0.05) is 0 Å². The minimum Gasteiger partial charge on any atom is -0.376 e. The lowest BCUT2D eigenvalue weighted by Crippen LogP contribution is -2.21. The van der Waals surface area contributed by atoms with Gasteiger partial charge in [-0.15, -0.1) is 0 Å². The average molecular weight is 168 g/mol. The largest absolute Gasteiger partial charge is 0.376 e. The van der Waals surface area contributed by atoms with Gasteiger partial charge in [0.05, 0.1) is 12.2 Å². The molecule has 1 nitrogen and oxygen atoms in total. The third-order valence-electron chi connectivity index (χ3n) is 3.29. The zero-order chi connectivity index (χ0) is 8.77. The highest BCUT2D eigenvalue weighted by Gasteiger charge is 2.52. The lowest BCUT2D eigenvalue weighted by molar-refractivity contribution is -0.0130. The fraction of sp³-hybridized carbons (Fsp3) is 1.00. The maximum atomic E-state index is 5.79. The summed E-state index contributed by atoms with van der Waals surface area (Å²) in [5.74, 6) is 3.03. The van der Waals surface area contributed by atoms with Gasteiger partial charge in [-0.3, -0.25) is 0 Å². The summed E-state index contributed by atoms with van der Waals surface area (Å²) in [6, 6.07) is 0. The summed E-state index contributed by atoms with van der Waals surface area (Å²) in [4.78, 5) is 0. The quantitative estimate of drug-likeness (QED) is 0.616. The second-order valence-electron chi connectivity index (χ2n) is 5.35. The van der Waals surface area contributed by atoms with E-state index in [0.717, 1.165) is 24.4 Å². The van der Waals surface area contributed by atoms with Crippen molar-refractivity contribution in [3.63, 3.8) is 0 Å². The minimum atomic E-state index is 0.0664. The van der Waals surface area contributed by atoms with Gasteiger partial charge in [-0.2, -0.15) is 0 Å². The predicted molar refractivity (Wildman–Crippen MR) is 50.0 cm³/mol. The fourth-order valence-electron chi connectivity index (χ4n) is 2.56. The van der Waals surface area contributed by atoms with E-state index in [-0.39, 0.29) is 5.60 Å². The number of rotatable bonds is 2. The first-order valence-electron chi connectivity index (χ1n) is 5.22. The maximum Gasteiger partial charge on any atom is 0.0598 e. The molecule has 0 N–H and O–H groups in total. The molecule has 2 rings (SSSR count). The van der Waals surface area contributed by atoms with Gasteiger partial charge in [0.2, 0.25) is 0 Å². The molecule has 0 amide bonds. The van der Waals surface area contributed by atoms with Crippen molar-refractivity contribution < 1.29 is 4.74 Å². The zero-order valence-electron chi connectivity index (χ0n) is 8.47. The number of hydrogen-bond acceptors (Lipinski definition) is 1. The Morgan fingerprint density at radius 2 is 1.75 bits per heavy atom. The number of fused-ring (bicyclic) bond motifs is 1. The van der Waals surface area contributed by atoms with Crippen LogP contribution in [-0.2, 0) is 4.74 Å². The van der Waals surface area contributed by atoms with Gasteiger partial charge >= 0.3 is 0 Å². The van der Waals surface area contributed by atoms with E-state index in [1.54, 1.807) is 0 Å². The monoisotopic (exact) mass is 168 g/mol. The van der Waals surface area contributed by atoms with Crippen LogP contribution >= 0.6 is 0 Å². The van der Waals surface area contributed by atoms with Crippen LogP contribution in [0.2, 0.25) is 0 Å². The number of ether oxygens (including phenoxy) is 1. The van der Waals surface area contributed by atoms with Crippen LogP contribution in [0.1, 0.15) is 40.0 Å². The molecule has 0 saturated heterocycles. The van der Waals surface area contributed by atoms with Crippen LogP contribution in [0.3, 0.4) is 0 Å². The molecule has 70 valence electrons. The molecule has 0 aromatic rings. The maximum absolute atomic E-state index is 5.79. The molecule has 0 aromatic carbocycles. The highest BCUT2D eigenvalue weighted by Crippen LogP contribution is 2.57. The Hall–Kier alpha value is -0.0400. The van der Waals surface area contributed by atoms with Crippen LogP contribution in [0.5, 0.6) is 0 Å². The van der Waals surface area contributed by atoms with Crippen molar-refractivity contribution in [2.75, 3.05) is 6.61 Å². The third kappa shape index (κ3) is 1.66. The van der Waals surface area contributed by atoms with Gasteiger partial charge in [0.15, 0.2) is 0 Å². The molecule has 0 heterocycles. The number of hydrogen-bond donors (Lipinski definition) is 0. The smallest absolute Gasteiger partial charge is 0.0598 e. The Morgan fingerprint density at radius 1 is 1.17 bits per heavy atom. The van der Waals surface area contributed by atoms with Gasteiger partial charge in [-0.25, -0.2) is 0 Å². The molecule has 2 aliphatic rings. The van der Waals surface area contributed by atoms with E-state index < -0.39 is 0 Å². The summed E-state index contributed by atoms with van der Waals surface area (Å²) in [7, 11) is 0. The molecule has 2 fully saturated rings. The lowest BCUT2D eigenvalue weighted by atomic mass is 10.1. The Bertz CT molecular complexity index is 158. The molecule has 0 radical (unpaired) electrons. The van der Waals surface area contributed by atoms with Crippen LogP contribution in [0.4, 0.5) is 0 Å². The van der Waals surface area contributed by atoms with Crippen molar-refractivity contribution >= 4 is 0 Å². The molecule has 3 atom stereocenters. The van der Waals surface area contributed by atoms with Crippen molar-refractivity contribution in [2.24, 2.45) is 17.8 Å². The van der Waals surface area contributed by atoms with Crippen molar-refractivity contribution in [3.8, 4) is 0 Å². The Labute approximate surface area is 75.5 Å². The Kier molecular flexibility index (Phi) is 1.95. The van der Waals surface area contributed by atoms with Crippen LogP contribution in [0, 0.1) is 17.8 Å². The first-order valence-corrected chi connectivity index (χ1v) is 5.22. The minimum absolute atomic E-state index is 0.0664. The van der Waals surface area contributed by atoms with E-state index in [1.165, 1.54) is 19.3 Å². The van der Waals surface area contributed by atoms with Crippen LogP contribution < -0.4 is 0 Å². The molecule has 2 saturated carbocycles. The fourth-order valence-corrected chi connectivity index (χ4v) is 2.56. The second-order valence-corrected chi connectivity index (χ2v) is 5.35. The zero-order valence-corrected chi connectivity index (χ0v) is 8.47. The van der Waals surface area contributed by atoms with E-state index in [2.05, 4.69) is 20.8 Å². The van der Waals surface area contributed by atoms with E-state index >= 15 is 0 Å². The van der Waals surface area contributed by atoms with E-state index in [1.807, 2.05) is 0 Å².